The van der Waals surface area contributed by atoms with E-state index in [0.29, 0.717) is 24.1 Å². The van der Waals surface area contributed by atoms with Crippen LogP contribution in [-0.4, -0.2) is 158 Å². The van der Waals surface area contributed by atoms with Gasteiger partial charge in [0.15, 0.2) is 0 Å². The fourth-order valence-corrected chi connectivity index (χ4v) is 5.00. The number of rotatable bonds is 24. The predicted molar refractivity (Wildman–Crippen MR) is 165 cm³/mol. The fraction of sp³-hybridized carbons (Fsp3) is 0.467. The van der Waals surface area contributed by atoms with Gasteiger partial charge in [0, 0.05) is 56.5 Å². The van der Waals surface area contributed by atoms with Crippen molar-refractivity contribution in [2.24, 2.45) is 0 Å². The summed E-state index contributed by atoms with van der Waals surface area (Å²) >= 11 is 0. The second-order valence-corrected chi connectivity index (χ2v) is 11.0. The molecule has 1 aliphatic rings. The van der Waals surface area contributed by atoms with Gasteiger partial charge < -0.3 is 30.8 Å². The summed E-state index contributed by atoms with van der Waals surface area (Å²) in [6, 6.07) is 5.56. The molecule has 1 atom stereocenters. The Hall–Kier alpha value is -5.20. The Kier molecular flexibility index (Phi) is 15.8. The molecule has 2 rings (SSSR count). The highest BCUT2D eigenvalue weighted by Gasteiger charge is 2.27. The van der Waals surface area contributed by atoms with Crippen LogP contribution < -0.4 is 5.32 Å². The first-order valence-electron chi connectivity index (χ1n) is 14.8. The van der Waals surface area contributed by atoms with Gasteiger partial charge in [0.05, 0.1) is 32.7 Å². The maximum absolute atomic E-state index is 12.4. The van der Waals surface area contributed by atoms with Gasteiger partial charge in [-0.25, -0.2) is 0 Å². The van der Waals surface area contributed by atoms with Crippen LogP contribution in [0, 0.1) is 0 Å². The minimum atomic E-state index is -1.33. The summed E-state index contributed by atoms with van der Waals surface area (Å²) in [5.74, 6) is -7.60. The molecule has 0 saturated carbocycles. The van der Waals surface area contributed by atoms with E-state index < -0.39 is 80.4 Å². The highest BCUT2D eigenvalue weighted by molar-refractivity contribution is 6.12. The third-order valence-electron chi connectivity index (χ3n) is 7.12. The van der Waals surface area contributed by atoms with Crippen LogP contribution in [0.25, 0.3) is 0 Å². The number of hydrogen-bond acceptors (Lipinski definition) is 11. The molecule has 0 aromatic heterocycles. The van der Waals surface area contributed by atoms with Crippen LogP contribution in [0.3, 0.4) is 0 Å². The topological polar surface area (TPSA) is 263 Å². The van der Waals surface area contributed by atoms with E-state index in [1.807, 2.05) is 0 Å². The molecule has 0 fully saturated rings. The van der Waals surface area contributed by atoms with E-state index in [1.54, 1.807) is 24.3 Å². The third kappa shape index (κ3) is 14.9. The van der Waals surface area contributed by atoms with Gasteiger partial charge in [-0.15, -0.1) is 0 Å². The number of hydrogen-bond donors (Lipinski definition) is 6. The van der Waals surface area contributed by atoms with Crippen molar-refractivity contribution in [2.75, 3.05) is 64.2 Å². The zero-order valence-electron chi connectivity index (χ0n) is 26.0. The number of nitrogens with zero attached hydrogens (tertiary/aromatic N) is 4. The average molecular weight is 678 g/mol. The first-order valence-corrected chi connectivity index (χ1v) is 14.8. The van der Waals surface area contributed by atoms with Gasteiger partial charge in [-0.3, -0.25) is 58.0 Å². The highest BCUT2D eigenvalue weighted by Crippen LogP contribution is 2.16. The number of carboxylic acid groups (broad SMARTS) is 5. The number of unbranched alkanes of at least 4 members (excludes halogenated alkanes) is 1. The molecule has 1 aromatic carbocycles. The largest absolute Gasteiger partial charge is 0.480 e. The molecule has 1 aliphatic heterocycles. The van der Waals surface area contributed by atoms with Crippen LogP contribution in [0.4, 0.5) is 5.69 Å². The Morgan fingerprint density at radius 1 is 0.667 bits per heavy atom. The summed E-state index contributed by atoms with van der Waals surface area (Å²) in [6.07, 6.45) is 3.41. The van der Waals surface area contributed by atoms with Gasteiger partial charge in [0.2, 0.25) is 5.91 Å². The minimum absolute atomic E-state index is 0.0572. The Morgan fingerprint density at radius 3 is 1.65 bits per heavy atom. The summed E-state index contributed by atoms with van der Waals surface area (Å²) in [5, 5.41) is 49.4. The molecule has 0 bridgehead atoms. The SMILES string of the molecule is O=C(O)CN(CCN(CC(=O)O)C[C@@H](Cc1ccc(NC(=O)CCCCN2C(=O)C=CC2=O)cc1)N(CC(=O)O)CC(=O)O)CC(=O)O. The monoisotopic (exact) mass is 677 g/mol. The van der Waals surface area contributed by atoms with Crippen molar-refractivity contribution in [1.82, 2.24) is 19.6 Å². The van der Waals surface area contributed by atoms with E-state index >= 15 is 0 Å². The molecule has 18 heteroatoms. The van der Waals surface area contributed by atoms with E-state index in [2.05, 4.69) is 5.32 Å². The summed E-state index contributed by atoms with van der Waals surface area (Å²) < 4.78 is 0. The number of amides is 3. The van der Waals surface area contributed by atoms with Gasteiger partial charge in [0.1, 0.15) is 0 Å². The van der Waals surface area contributed by atoms with E-state index in [4.69, 9.17) is 10.2 Å². The molecular weight excluding hydrogens is 638 g/mol. The van der Waals surface area contributed by atoms with Crippen molar-refractivity contribution in [3.05, 3.63) is 42.0 Å². The molecule has 262 valence electrons. The number of benzene rings is 1. The molecule has 0 saturated heterocycles. The third-order valence-corrected chi connectivity index (χ3v) is 7.12. The van der Waals surface area contributed by atoms with Gasteiger partial charge in [-0.1, -0.05) is 12.1 Å². The molecule has 0 spiro atoms. The second kappa shape index (κ2) is 19.5. The van der Waals surface area contributed by atoms with Crippen molar-refractivity contribution in [3.63, 3.8) is 0 Å². The van der Waals surface area contributed by atoms with Crippen molar-refractivity contribution in [3.8, 4) is 0 Å². The lowest BCUT2D eigenvalue weighted by molar-refractivity contribution is -0.144. The van der Waals surface area contributed by atoms with Gasteiger partial charge in [-0.2, -0.15) is 0 Å². The molecule has 6 N–H and O–H groups in total. The van der Waals surface area contributed by atoms with Gasteiger partial charge in [-0.05, 0) is 37.0 Å². The van der Waals surface area contributed by atoms with Crippen molar-refractivity contribution >= 4 is 53.3 Å². The van der Waals surface area contributed by atoms with E-state index in [9.17, 15) is 53.7 Å². The molecule has 48 heavy (non-hydrogen) atoms. The fourth-order valence-electron chi connectivity index (χ4n) is 5.00. The molecule has 18 nitrogen and oxygen atoms in total. The lowest BCUT2D eigenvalue weighted by Crippen LogP contribution is -2.51. The number of carbonyl (C=O) groups excluding carboxylic acids is 3. The standard InChI is InChI=1S/C30H39N5O13/c36-23(3-1-2-10-35-24(37)8-9-25(35)38)31-21-6-4-20(5-7-21)13-22(34(18-29(45)46)19-30(47)48)14-32(15-26(39)40)11-12-33(16-27(41)42)17-28(43)44/h4-9,22H,1-3,10-19H2,(H,31,36)(H,39,40)(H,41,42)(H,43,44)(H,45,46)(H,47,48)/t22-/m1/s1. The van der Waals surface area contributed by atoms with Crippen LogP contribution in [0.5, 0.6) is 0 Å². The van der Waals surface area contributed by atoms with E-state index in [-0.39, 0.29) is 44.9 Å². The highest BCUT2D eigenvalue weighted by atomic mass is 16.4. The number of imide groups is 1. The lowest BCUT2D eigenvalue weighted by Gasteiger charge is -2.34. The lowest BCUT2D eigenvalue weighted by atomic mass is 10.0. The first kappa shape index (κ1) is 39.0. The van der Waals surface area contributed by atoms with Crippen LogP contribution >= 0.6 is 0 Å². The van der Waals surface area contributed by atoms with Crippen molar-refractivity contribution in [1.29, 1.82) is 0 Å². The average Bonchev–Trinajstić information content (AvgIpc) is 3.29. The molecule has 0 unspecified atom stereocenters. The summed E-state index contributed by atoms with van der Waals surface area (Å²) in [6.45, 7) is -3.44. The molecule has 0 aliphatic carbocycles. The van der Waals surface area contributed by atoms with E-state index in [0.717, 1.165) is 14.7 Å². The smallest absolute Gasteiger partial charge is 0.317 e. The molecule has 1 aromatic rings. The maximum atomic E-state index is 12.4. The predicted octanol–water partition coefficient (Wildman–Crippen LogP) is -1.04. The Balaban J connectivity index is 2.13. The molecule has 3 amide bonds. The van der Waals surface area contributed by atoms with E-state index in [1.165, 1.54) is 17.1 Å². The summed E-state index contributed by atoms with van der Waals surface area (Å²) in [5.41, 5.74) is 1.03. The zero-order chi connectivity index (χ0) is 35.8. The Bertz CT molecular complexity index is 1330. The number of anilines is 1. The normalized spacial score (nSPS) is 13.4. The summed E-state index contributed by atoms with van der Waals surface area (Å²) in [7, 11) is 0. The second-order valence-electron chi connectivity index (χ2n) is 11.0. The van der Waals surface area contributed by atoms with Gasteiger partial charge in [0.25, 0.3) is 11.8 Å². The molecule has 0 radical (unpaired) electrons. The van der Waals surface area contributed by atoms with Crippen LogP contribution in [-0.2, 0) is 44.8 Å². The van der Waals surface area contributed by atoms with Crippen molar-refractivity contribution in [2.45, 2.75) is 31.7 Å². The Labute approximate surface area is 274 Å². The molecular formula is C30H39N5O13. The summed E-state index contributed by atoms with van der Waals surface area (Å²) in [4.78, 5) is 97.6. The van der Waals surface area contributed by atoms with Crippen LogP contribution in [0.1, 0.15) is 24.8 Å². The maximum Gasteiger partial charge on any atom is 0.317 e. The zero-order valence-corrected chi connectivity index (χ0v) is 26.0. The minimum Gasteiger partial charge on any atom is -0.480 e. The Morgan fingerprint density at radius 2 is 1.15 bits per heavy atom. The van der Waals surface area contributed by atoms with Crippen molar-refractivity contribution < 1.29 is 63.9 Å². The number of carboxylic acids is 5. The van der Waals surface area contributed by atoms with Crippen LogP contribution in [0.15, 0.2) is 36.4 Å². The van der Waals surface area contributed by atoms with Crippen LogP contribution in [0.2, 0.25) is 0 Å². The number of aliphatic carboxylic acids is 5. The molecule has 1 heterocycles. The van der Waals surface area contributed by atoms with Gasteiger partial charge >= 0.3 is 29.8 Å². The number of nitrogens with one attached hydrogen (secondary N) is 1. The quantitative estimate of drug-likeness (QED) is 0.0564. The number of carbonyl (C=O) groups is 8. The first-order chi connectivity index (χ1) is 22.6.